The van der Waals surface area contributed by atoms with E-state index in [1.807, 2.05) is 70.5 Å². The van der Waals surface area contributed by atoms with Crippen molar-refractivity contribution in [3.8, 4) is 0 Å². The van der Waals surface area contributed by atoms with Crippen molar-refractivity contribution in [2.45, 2.75) is 77.3 Å². The van der Waals surface area contributed by atoms with E-state index in [1.165, 1.54) is 11.1 Å². The zero-order valence-electron chi connectivity index (χ0n) is 29.7. The lowest BCUT2D eigenvalue weighted by molar-refractivity contribution is 0.0728. The molecule has 2 saturated heterocycles. The molecule has 2 fully saturated rings. The Kier molecular flexibility index (Phi) is 11.2. The normalized spacial score (nSPS) is 17.2. The van der Waals surface area contributed by atoms with E-state index in [9.17, 15) is 9.59 Å². The standard InChI is InChI=1S/2C21H22BrN3O/c2*1-2-4-18-17-13-15(8-11-19(17)24-23-18)21(26)25-12-3-5-20(25)14-6-9-16(22)10-7-14/h2*6-11,13,20H,2-5,12H2,1H3,(H,23,24)/t2*20-/m10/s1. The molecule has 6 aromatic rings. The molecule has 268 valence electrons. The molecule has 0 saturated carbocycles. The van der Waals surface area contributed by atoms with Crippen LogP contribution in [0, 0.1) is 0 Å². The molecule has 2 aliphatic rings. The summed E-state index contributed by atoms with van der Waals surface area (Å²) in [4.78, 5) is 30.5. The minimum atomic E-state index is 0.112. The number of fused-ring (bicyclic) bond motifs is 2. The lowest BCUT2D eigenvalue weighted by Gasteiger charge is -2.25. The summed E-state index contributed by atoms with van der Waals surface area (Å²) < 4.78 is 2.12. The Morgan fingerprint density at radius 3 is 1.42 bits per heavy atom. The zero-order valence-corrected chi connectivity index (χ0v) is 32.8. The van der Waals surface area contributed by atoms with E-state index >= 15 is 0 Å². The third-order valence-corrected chi connectivity index (χ3v) is 11.4. The molecule has 2 N–H and O–H groups in total. The van der Waals surface area contributed by atoms with E-state index in [4.69, 9.17) is 0 Å². The maximum Gasteiger partial charge on any atom is 0.254 e. The summed E-state index contributed by atoms with van der Waals surface area (Å²) in [6, 6.07) is 28.6. The smallest absolute Gasteiger partial charge is 0.254 e. The van der Waals surface area contributed by atoms with Crippen molar-refractivity contribution in [2.24, 2.45) is 0 Å². The number of hydrogen-bond donors (Lipinski definition) is 2. The Labute approximate surface area is 321 Å². The molecule has 4 heterocycles. The maximum atomic E-state index is 13.2. The Bertz CT molecular complexity index is 2020. The van der Waals surface area contributed by atoms with Gasteiger partial charge in [0, 0.05) is 55.3 Å². The number of amides is 2. The number of carbonyl (C=O) groups excluding carboxylic acids is 2. The summed E-state index contributed by atoms with van der Waals surface area (Å²) in [6.07, 6.45) is 8.10. The molecule has 4 aromatic carbocycles. The average Bonchev–Trinajstić information content (AvgIpc) is 3.99. The molecule has 2 amide bonds. The number of aryl methyl sites for hydroxylation is 2. The van der Waals surface area contributed by atoms with Crippen LogP contribution in [-0.2, 0) is 12.8 Å². The van der Waals surface area contributed by atoms with E-state index < -0.39 is 0 Å². The molecule has 2 aromatic heterocycles. The molecule has 2 atom stereocenters. The molecule has 8 rings (SSSR count). The number of H-pyrrole nitrogens is 2. The second-order valence-electron chi connectivity index (χ2n) is 13.8. The first kappa shape index (κ1) is 36.1. The minimum Gasteiger partial charge on any atom is -0.332 e. The first-order valence-corrected chi connectivity index (χ1v) is 20.0. The molecule has 0 unspecified atom stereocenters. The van der Waals surface area contributed by atoms with Gasteiger partial charge in [0.1, 0.15) is 0 Å². The van der Waals surface area contributed by atoms with E-state index in [0.29, 0.717) is 0 Å². The van der Waals surface area contributed by atoms with Gasteiger partial charge in [0.15, 0.2) is 0 Å². The first-order chi connectivity index (χ1) is 25.3. The van der Waals surface area contributed by atoms with Crippen LogP contribution in [0.5, 0.6) is 0 Å². The van der Waals surface area contributed by atoms with Crippen LogP contribution < -0.4 is 0 Å². The van der Waals surface area contributed by atoms with Gasteiger partial charge in [-0.2, -0.15) is 10.2 Å². The summed E-state index contributed by atoms with van der Waals surface area (Å²) in [5, 5.41) is 17.1. The number of likely N-dealkylation sites (tertiary alicyclic amines) is 2. The number of aromatic nitrogens is 4. The Morgan fingerprint density at radius 1 is 0.635 bits per heavy atom. The predicted octanol–water partition coefficient (Wildman–Crippen LogP) is 10.5. The molecule has 0 spiro atoms. The quantitative estimate of drug-likeness (QED) is 0.160. The van der Waals surface area contributed by atoms with Crippen LogP contribution in [0.4, 0.5) is 0 Å². The highest BCUT2D eigenvalue weighted by molar-refractivity contribution is 9.10. The van der Waals surface area contributed by atoms with Crippen LogP contribution in [-0.4, -0.2) is 55.1 Å². The first-order valence-electron chi connectivity index (χ1n) is 18.4. The van der Waals surface area contributed by atoms with Gasteiger partial charge in [-0.05, 0) is 110 Å². The highest BCUT2D eigenvalue weighted by Gasteiger charge is 2.32. The number of halogens is 2. The predicted molar refractivity (Wildman–Crippen MR) is 214 cm³/mol. The number of nitrogens with one attached hydrogen (secondary N) is 2. The lowest BCUT2D eigenvalue weighted by atomic mass is 10.0. The summed E-state index contributed by atoms with van der Waals surface area (Å²) in [5.74, 6) is 0.224. The summed E-state index contributed by atoms with van der Waals surface area (Å²) >= 11 is 6.97. The van der Waals surface area contributed by atoms with Gasteiger partial charge < -0.3 is 9.80 Å². The van der Waals surface area contributed by atoms with Crippen LogP contribution in [0.15, 0.2) is 93.9 Å². The van der Waals surface area contributed by atoms with Crippen molar-refractivity contribution < 1.29 is 9.59 Å². The molecular formula is C42H44Br2N6O2. The summed E-state index contributed by atoms with van der Waals surface area (Å²) in [5.41, 5.74) is 7.99. The van der Waals surface area contributed by atoms with Crippen molar-refractivity contribution in [2.75, 3.05) is 13.1 Å². The van der Waals surface area contributed by atoms with E-state index in [-0.39, 0.29) is 23.9 Å². The van der Waals surface area contributed by atoms with Crippen molar-refractivity contribution in [1.82, 2.24) is 30.2 Å². The molecule has 0 radical (unpaired) electrons. The number of hydrogen-bond acceptors (Lipinski definition) is 4. The Hall–Kier alpha value is -4.28. The second kappa shape index (κ2) is 16.2. The van der Waals surface area contributed by atoms with E-state index in [2.05, 4.69) is 90.4 Å². The van der Waals surface area contributed by atoms with Gasteiger partial charge in [-0.15, -0.1) is 0 Å². The molecule has 2 aliphatic heterocycles. The van der Waals surface area contributed by atoms with Gasteiger partial charge in [0.25, 0.3) is 11.8 Å². The third kappa shape index (κ3) is 7.60. The fraction of sp³-hybridized carbons (Fsp3) is 0.333. The average molecular weight is 825 g/mol. The number of aromatic amines is 2. The molecule has 52 heavy (non-hydrogen) atoms. The van der Waals surface area contributed by atoms with E-state index in [0.717, 1.165) is 118 Å². The Morgan fingerprint density at radius 2 is 1.04 bits per heavy atom. The molecule has 0 bridgehead atoms. The fourth-order valence-electron chi connectivity index (χ4n) is 7.69. The van der Waals surface area contributed by atoms with Crippen molar-refractivity contribution in [1.29, 1.82) is 0 Å². The highest BCUT2D eigenvalue weighted by atomic mass is 79.9. The highest BCUT2D eigenvalue weighted by Crippen LogP contribution is 2.36. The van der Waals surface area contributed by atoms with Gasteiger partial charge in [-0.25, -0.2) is 0 Å². The van der Waals surface area contributed by atoms with Gasteiger partial charge in [-0.3, -0.25) is 19.8 Å². The summed E-state index contributed by atoms with van der Waals surface area (Å²) in [6.45, 7) is 5.92. The van der Waals surface area contributed by atoms with Gasteiger partial charge >= 0.3 is 0 Å². The van der Waals surface area contributed by atoms with Crippen LogP contribution in [0.3, 0.4) is 0 Å². The number of rotatable bonds is 8. The van der Waals surface area contributed by atoms with Gasteiger partial charge in [0.2, 0.25) is 0 Å². The Balaban J connectivity index is 0.000000162. The summed E-state index contributed by atoms with van der Waals surface area (Å²) in [7, 11) is 0. The van der Waals surface area contributed by atoms with Crippen LogP contribution in [0.2, 0.25) is 0 Å². The molecule has 8 nitrogen and oxygen atoms in total. The molecule has 10 heteroatoms. The second-order valence-corrected chi connectivity index (χ2v) is 15.6. The van der Waals surface area contributed by atoms with Crippen LogP contribution in [0.1, 0.15) is 108 Å². The topological polar surface area (TPSA) is 98.0 Å². The van der Waals surface area contributed by atoms with Crippen molar-refractivity contribution in [3.05, 3.63) is 128 Å². The molecular weight excluding hydrogens is 780 g/mol. The number of benzene rings is 4. The van der Waals surface area contributed by atoms with Crippen molar-refractivity contribution >= 4 is 65.5 Å². The zero-order chi connectivity index (χ0) is 36.2. The maximum absolute atomic E-state index is 13.2. The van der Waals surface area contributed by atoms with Crippen molar-refractivity contribution in [3.63, 3.8) is 0 Å². The number of nitrogens with zero attached hydrogens (tertiary/aromatic N) is 4. The molecule has 0 aliphatic carbocycles. The van der Waals surface area contributed by atoms with Gasteiger partial charge in [-0.1, -0.05) is 82.8 Å². The SMILES string of the molecule is CCCc1[nH]nc2ccc(C(=O)N3CCC[C@@H]3c3ccc(Br)cc3)cc12.CCCc1[nH]nc2ccc(C(=O)N3CCC[C@H]3c3ccc(Br)cc3)cc12. The fourth-order valence-corrected chi connectivity index (χ4v) is 8.22. The van der Waals surface area contributed by atoms with Crippen LogP contribution in [0.25, 0.3) is 21.8 Å². The monoisotopic (exact) mass is 822 g/mol. The van der Waals surface area contributed by atoms with Crippen LogP contribution >= 0.6 is 31.9 Å². The lowest BCUT2D eigenvalue weighted by Crippen LogP contribution is -2.30. The van der Waals surface area contributed by atoms with Gasteiger partial charge in [0.05, 0.1) is 23.1 Å². The number of carbonyl (C=O) groups is 2. The third-order valence-electron chi connectivity index (χ3n) is 10.3. The van der Waals surface area contributed by atoms with E-state index in [1.54, 1.807) is 0 Å². The minimum absolute atomic E-state index is 0.112. The largest absolute Gasteiger partial charge is 0.332 e.